The molecule has 4 rings (SSSR count). The second-order valence-electron chi connectivity index (χ2n) is 9.15. The van der Waals surface area contributed by atoms with Crippen molar-refractivity contribution in [2.45, 2.75) is 45.3 Å². The first kappa shape index (κ1) is 23.4. The fourth-order valence-corrected chi connectivity index (χ4v) is 3.82. The summed E-state index contributed by atoms with van der Waals surface area (Å²) >= 11 is 0. The Morgan fingerprint density at radius 2 is 2.00 bits per heavy atom. The quantitative estimate of drug-likeness (QED) is 0.585. The summed E-state index contributed by atoms with van der Waals surface area (Å²) in [4.78, 5) is 33.5. The van der Waals surface area contributed by atoms with Gasteiger partial charge in [-0.3, -0.25) is 4.40 Å². The van der Waals surface area contributed by atoms with Gasteiger partial charge in [-0.2, -0.15) is 0 Å². The van der Waals surface area contributed by atoms with Gasteiger partial charge in [0.15, 0.2) is 17.5 Å². The number of likely N-dealkylation sites (tertiary alicyclic amines) is 1. The Balaban J connectivity index is 1.58. The van der Waals surface area contributed by atoms with Gasteiger partial charge in [0.2, 0.25) is 0 Å². The number of pyridine rings is 2. The number of ether oxygens (including phenoxy) is 1. The molecule has 34 heavy (non-hydrogen) atoms. The topological polar surface area (TPSA) is 109 Å². The highest BCUT2D eigenvalue weighted by atomic mass is 19.1. The average Bonchev–Trinajstić information content (AvgIpc) is 3.17. The first-order valence-electron chi connectivity index (χ1n) is 10.8. The van der Waals surface area contributed by atoms with Crippen LogP contribution in [0.25, 0.3) is 17.0 Å². The molecular weight excluding hydrogens is 448 g/mol. The highest BCUT2D eigenvalue weighted by Gasteiger charge is 2.28. The number of nitrogens with one attached hydrogen (secondary N) is 1. The molecule has 0 spiro atoms. The van der Waals surface area contributed by atoms with Gasteiger partial charge < -0.3 is 20.1 Å². The number of hydrogen-bond donors (Lipinski definition) is 2. The molecular formula is C23H25F2N5O4. The van der Waals surface area contributed by atoms with Crippen LogP contribution in [0.1, 0.15) is 44.0 Å². The van der Waals surface area contributed by atoms with Gasteiger partial charge in [0.25, 0.3) is 0 Å². The third-order valence-electron chi connectivity index (χ3n) is 5.35. The maximum absolute atomic E-state index is 14.7. The summed E-state index contributed by atoms with van der Waals surface area (Å²) in [5.41, 5.74) is -0.205. The molecule has 0 saturated carbocycles. The molecule has 11 heteroatoms. The highest BCUT2D eigenvalue weighted by molar-refractivity contribution is 5.88. The fourth-order valence-electron chi connectivity index (χ4n) is 3.82. The van der Waals surface area contributed by atoms with Gasteiger partial charge >= 0.3 is 12.1 Å². The van der Waals surface area contributed by atoms with Crippen molar-refractivity contribution >= 4 is 23.5 Å². The molecule has 4 heterocycles. The number of carbonyl (C=O) groups is 2. The van der Waals surface area contributed by atoms with Gasteiger partial charge in [-0.05, 0) is 45.7 Å². The number of carboxylic acids is 1. The van der Waals surface area contributed by atoms with Crippen LogP contribution >= 0.6 is 0 Å². The zero-order valence-electron chi connectivity index (χ0n) is 19.0. The zero-order chi connectivity index (χ0) is 24.6. The maximum Gasteiger partial charge on any atom is 0.410 e. The number of carbonyl (C=O) groups excluding carboxylic acids is 1. The van der Waals surface area contributed by atoms with Crippen molar-refractivity contribution in [3.63, 3.8) is 0 Å². The molecule has 180 valence electrons. The molecule has 3 aromatic heterocycles. The van der Waals surface area contributed by atoms with Crippen LogP contribution in [-0.2, 0) is 4.74 Å². The van der Waals surface area contributed by atoms with Crippen LogP contribution in [0.15, 0.2) is 30.6 Å². The standard InChI is InChI=1S/C23H25F2N5O4/c1-23(2,3)34-22(33)29-7-4-5-14(12-29)27-20-16(25)10-15(24)19(28-20)17-11-26-18-9-13(21(31)32)6-8-30(17)18/h6,8-11,14H,4-5,7,12H2,1-3H3,(H,27,28)(H,31,32). The number of amides is 1. The van der Waals surface area contributed by atoms with Crippen molar-refractivity contribution in [1.82, 2.24) is 19.3 Å². The van der Waals surface area contributed by atoms with E-state index in [0.717, 1.165) is 6.07 Å². The lowest BCUT2D eigenvalue weighted by molar-refractivity contribution is 0.0206. The second-order valence-corrected chi connectivity index (χ2v) is 9.15. The SMILES string of the molecule is CC(C)(C)OC(=O)N1CCCC(Nc2nc(-c3cnc4cc(C(=O)O)ccn34)c(F)cc2F)C1. The molecule has 1 aliphatic heterocycles. The summed E-state index contributed by atoms with van der Waals surface area (Å²) in [6, 6.07) is 3.14. The predicted octanol–water partition coefficient (Wildman–Crippen LogP) is 4.18. The van der Waals surface area contributed by atoms with E-state index >= 15 is 0 Å². The fraction of sp³-hybridized carbons (Fsp3) is 0.391. The van der Waals surface area contributed by atoms with E-state index in [1.807, 2.05) is 0 Å². The Kier molecular flexibility index (Phi) is 6.11. The lowest BCUT2D eigenvalue weighted by atomic mass is 10.1. The number of halogens is 2. The molecule has 0 aliphatic carbocycles. The van der Waals surface area contributed by atoms with E-state index < -0.39 is 29.3 Å². The zero-order valence-corrected chi connectivity index (χ0v) is 19.0. The van der Waals surface area contributed by atoms with E-state index in [1.165, 1.54) is 28.9 Å². The largest absolute Gasteiger partial charge is 0.478 e. The molecule has 9 nitrogen and oxygen atoms in total. The van der Waals surface area contributed by atoms with Crippen LogP contribution in [0.2, 0.25) is 0 Å². The minimum atomic E-state index is -1.11. The van der Waals surface area contributed by atoms with Gasteiger partial charge in [-0.25, -0.2) is 28.3 Å². The number of imidazole rings is 1. The Hall–Kier alpha value is -3.76. The van der Waals surface area contributed by atoms with Crippen molar-refractivity contribution < 1.29 is 28.2 Å². The molecule has 1 atom stereocenters. The van der Waals surface area contributed by atoms with Gasteiger partial charge in [0, 0.05) is 31.4 Å². The van der Waals surface area contributed by atoms with Crippen LogP contribution in [0.3, 0.4) is 0 Å². The summed E-state index contributed by atoms with van der Waals surface area (Å²) in [7, 11) is 0. The minimum Gasteiger partial charge on any atom is -0.478 e. The number of nitrogens with zero attached hydrogens (tertiary/aromatic N) is 4. The highest BCUT2D eigenvalue weighted by Crippen LogP contribution is 2.27. The molecule has 2 N–H and O–H groups in total. The number of carboxylic acid groups (broad SMARTS) is 1. The number of rotatable bonds is 4. The monoisotopic (exact) mass is 473 g/mol. The van der Waals surface area contributed by atoms with Crippen LogP contribution in [0, 0.1) is 11.6 Å². The number of fused-ring (bicyclic) bond motifs is 1. The van der Waals surface area contributed by atoms with Crippen molar-refractivity contribution in [2.75, 3.05) is 18.4 Å². The summed E-state index contributed by atoms with van der Waals surface area (Å²) in [6.07, 6.45) is 3.70. The van der Waals surface area contributed by atoms with Gasteiger partial charge in [0.1, 0.15) is 16.9 Å². The smallest absolute Gasteiger partial charge is 0.410 e. The molecule has 1 fully saturated rings. The molecule has 1 aliphatic rings. The van der Waals surface area contributed by atoms with Gasteiger partial charge in [0.05, 0.1) is 17.5 Å². The lowest BCUT2D eigenvalue weighted by Crippen LogP contribution is -2.47. The predicted molar refractivity (Wildman–Crippen MR) is 120 cm³/mol. The third-order valence-corrected chi connectivity index (χ3v) is 5.35. The number of hydrogen-bond acceptors (Lipinski definition) is 6. The first-order chi connectivity index (χ1) is 16.0. The lowest BCUT2D eigenvalue weighted by Gasteiger charge is -2.34. The van der Waals surface area contributed by atoms with Crippen LogP contribution in [0.5, 0.6) is 0 Å². The van der Waals surface area contributed by atoms with E-state index in [4.69, 9.17) is 9.84 Å². The van der Waals surface area contributed by atoms with Crippen molar-refractivity contribution in [1.29, 1.82) is 0 Å². The van der Waals surface area contributed by atoms with Gasteiger partial charge in [-0.15, -0.1) is 0 Å². The number of aromatic nitrogens is 3. The number of aromatic carboxylic acids is 1. The maximum atomic E-state index is 14.7. The molecule has 1 unspecified atom stereocenters. The Labute approximate surface area is 194 Å². The Bertz CT molecular complexity index is 1250. The Morgan fingerprint density at radius 3 is 2.71 bits per heavy atom. The second kappa shape index (κ2) is 8.88. The van der Waals surface area contributed by atoms with E-state index in [-0.39, 0.29) is 41.0 Å². The van der Waals surface area contributed by atoms with E-state index in [1.54, 1.807) is 25.7 Å². The number of piperidine rings is 1. The summed E-state index contributed by atoms with van der Waals surface area (Å²) in [6.45, 7) is 6.17. The summed E-state index contributed by atoms with van der Waals surface area (Å²) in [5.74, 6) is -3.01. The van der Waals surface area contributed by atoms with Gasteiger partial charge in [-0.1, -0.05) is 0 Å². The molecule has 0 aromatic carbocycles. The van der Waals surface area contributed by atoms with E-state index in [0.29, 0.717) is 19.4 Å². The van der Waals surface area contributed by atoms with Crippen LogP contribution in [-0.4, -0.2) is 61.2 Å². The van der Waals surface area contributed by atoms with E-state index in [2.05, 4.69) is 15.3 Å². The summed E-state index contributed by atoms with van der Waals surface area (Å²) < 4.78 is 36.2. The van der Waals surface area contributed by atoms with E-state index in [9.17, 15) is 18.4 Å². The average molecular weight is 473 g/mol. The number of anilines is 1. The van der Waals surface area contributed by atoms with Crippen molar-refractivity contribution in [3.05, 3.63) is 47.8 Å². The molecule has 0 radical (unpaired) electrons. The normalized spacial score (nSPS) is 16.5. The van der Waals surface area contributed by atoms with Crippen LogP contribution in [0.4, 0.5) is 19.4 Å². The minimum absolute atomic E-state index is 0.0337. The third kappa shape index (κ3) is 4.92. The summed E-state index contributed by atoms with van der Waals surface area (Å²) in [5, 5.41) is 12.1. The molecule has 1 amide bonds. The van der Waals surface area contributed by atoms with Crippen molar-refractivity contribution in [2.24, 2.45) is 0 Å². The molecule has 1 saturated heterocycles. The van der Waals surface area contributed by atoms with Crippen molar-refractivity contribution in [3.8, 4) is 11.4 Å². The Morgan fingerprint density at radius 1 is 1.24 bits per heavy atom. The first-order valence-corrected chi connectivity index (χ1v) is 10.8. The molecule has 0 bridgehead atoms. The molecule has 3 aromatic rings. The van der Waals surface area contributed by atoms with Crippen LogP contribution < -0.4 is 5.32 Å².